The van der Waals surface area contributed by atoms with Gasteiger partial charge in [-0.05, 0) is 17.1 Å². The topological polar surface area (TPSA) is 70.2 Å². The SMILES string of the molecule is Cc1ncc([N+](=O)[O-])n1CCOc1ccc(Cl)c(Cl)c1. The second kappa shape index (κ2) is 6.11. The molecule has 0 unspecified atom stereocenters. The number of rotatable bonds is 5. The second-order valence-electron chi connectivity index (χ2n) is 4.00. The predicted octanol–water partition coefficient (Wildman–Crippen LogP) is 3.49. The van der Waals surface area contributed by atoms with Gasteiger partial charge in [-0.1, -0.05) is 23.2 Å². The first-order valence-electron chi connectivity index (χ1n) is 5.73. The van der Waals surface area contributed by atoms with Gasteiger partial charge in [-0.3, -0.25) is 0 Å². The van der Waals surface area contributed by atoms with Gasteiger partial charge in [0.2, 0.25) is 0 Å². The van der Waals surface area contributed by atoms with Crippen molar-refractivity contribution in [2.45, 2.75) is 13.5 Å². The molecule has 1 aromatic carbocycles. The molecule has 0 fully saturated rings. The molecule has 0 aliphatic rings. The van der Waals surface area contributed by atoms with Gasteiger partial charge in [-0.15, -0.1) is 0 Å². The molecule has 0 amide bonds. The fourth-order valence-electron chi connectivity index (χ4n) is 1.70. The lowest BCUT2D eigenvalue weighted by molar-refractivity contribution is -0.392. The van der Waals surface area contributed by atoms with E-state index in [4.69, 9.17) is 27.9 Å². The smallest absolute Gasteiger partial charge is 0.342 e. The molecule has 0 spiro atoms. The van der Waals surface area contributed by atoms with E-state index in [1.54, 1.807) is 25.1 Å². The van der Waals surface area contributed by atoms with Crippen LogP contribution in [0.25, 0.3) is 0 Å². The number of nitrogens with zero attached hydrogens (tertiary/aromatic N) is 3. The summed E-state index contributed by atoms with van der Waals surface area (Å²) in [6.07, 6.45) is 1.23. The van der Waals surface area contributed by atoms with E-state index in [1.807, 2.05) is 0 Å². The first-order chi connectivity index (χ1) is 9.49. The van der Waals surface area contributed by atoms with Crippen LogP contribution in [0.1, 0.15) is 5.82 Å². The molecule has 1 aromatic heterocycles. The highest BCUT2D eigenvalue weighted by atomic mass is 35.5. The van der Waals surface area contributed by atoms with Crippen LogP contribution >= 0.6 is 23.2 Å². The number of hydrogen-bond acceptors (Lipinski definition) is 4. The van der Waals surface area contributed by atoms with Crippen molar-refractivity contribution in [1.82, 2.24) is 9.55 Å². The monoisotopic (exact) mass is 315 g/mol. The van der Waals surface area contributed by atoms with Crippen molar-refractivity contribution in [3.8, 4) is 5.75 Å². The first kappa shape index (κ1) is 14.6. The summed E-state index contributed by atoms with van der Waals surface area (Å²) in [5, 5.41) is 11.7. The van der Waals surface area contributed by atoms with E-state index in [9.17, 15) is 10.1 Å². The highest BCUT2D eigenvalue weighted by Crippen LogP contribution is 2.26. The van der Waals surface area contributed by atoms with E-state index >= 15 is 0 Å². The molecule has 0 aliphatic heterocycles. The lowest BCUT2D eigenvalue weighted by atomic mass is 10.3. The van der Waals surface area contributed by atoms with Crippen LogP contribution in [0, 0.1) is 17.0 Å². The van der Waals surface area contributed by atoms with E-state index in [1.165, 1.54) is 10.8 Å². The van der Waals surface area contributed by atoms with Crippen molar-refractivity contribution in [1.29, 1.82) is 0 Å². The minimum atomic E-state index is -0.473. The number of hydrogen-bond donors (Lipinski definition) is 0. The Bertz CT molecular complexity index is 643. The van der Waals surface area contributed by atoms with Gasteiger partial charge in [0, 0.05) is 13.0 Å². The van der Waals surface area contributed by atoms with Crippen LogP contribution in [0.15, 0.2) is 24.4 Å². The molecule has 0 N–H and O–H groups in total. The van der Waals surface area contributed by atoms with Crippen molar-refractivity contribution >= 4 is 29.0 Å². The van der Waals surface area contributed by atoms with Crippen LogP contribution in [0.3, 0.4) is 0 Å². The highest BCUT2D eigenvalue weighted by Gasteiger charge is 2.16. The fourth-order valence-corrected chi connectivity index (χ4v) is 1.99. The maximum atomic E-state index is 10.8. The van der Waals surface area contributed by atoms with E-state index in [0.29, 0.717) is 28.2 Å². The first-order valence-corrected chi connectivity index (χ1v) is 6.49. The molecule has 0 bridgehead atoms. The second-order valence-corrected chi connectivity index (χ2v) is 4.81. The average molecular weight is 316 g/mol. The summed E-state index contributed by atoms with van der Waals surface area (Å²) in [5.74, 6) is 1.06. The Morgan fingerprint density at radius 3 is 2.80 bits per heavy atom. The quantitative estimate of drug-likeness (QED) is 0.625. The van der Waals surface area contributed by atoms with E-state index in [0.717, 1.165) is 0 Å². The minimum absolute atomic E-state index is 0.0553. The average Bonchev–Trinajstić information content (AvgIpc) is 2.76. The lowest BCUT2D eigenvalue weighted by Gasteiger charge is -2.07. The number of ether oxygens (including phenoxy) is 1. The highest BCUT2D eigenvalue weighted by molar-refractivity contribution is 6.42. The molecule has 8 heteroatoms. The third kappa shape index (κ3) is 3.20. The summed E-state index contributed by atoms with van der Waals surface area (Å²) in [5.41, 5.74) is 0. The Kier molecular flexibility index (Phi) is 4.46. The lowest BCUT2D eigenvalue weighted by Crippen LogP contribution is -2.11. The molecule has 0 aliphatic carbocycles. The van der Waals surface area contributed by atoms with Gasteiger partial charge in [0.05, 0.1) is 10.0 Å². The molecule has 0 saturated heterocycles. The van der Waals surface area contributed by atoms with Crippen molar-refractivity contribution in [3.05, 3.63) is 50.4 Å². The molecular weight excluding hydrogens is 305 g/mol. The van der Waals surface area contributed by atoms with Crippen LogP contribution in [-0.4, -0.2) is 21.1 Å². The summed E-state index contributed by atoms with van der Waals surface area (Å²) < 4.78 is 6.97. The predicted molar refractivity (Wildman–Crippen MR) is 75.6 cm³/mol. The van der Waals surface area contributed by atoms with Crippen LogP contribution in [-0.2, 0) is 6.54 Å². The number of halogens is 2. The van der Waals surface area contributed by atoms with E-state index in [-0.39, 0.29) is 12.4 Å². The standard InChI is InChI=1S/C12H11Cl2N3O3/c1-8-15-7-12(17(18)19)16(8)4-5-20-9-2-3-10(13)11(14)6-9/h2-3,6-7H,4-5H2,1H3. The Balaban J connectivity index is 2.01. The van der Waals surface area contributed by atoms with Crippen LogP contribution in [0.5, 0.6) is 5.75 Å². The van der Waals surface area contributed by atoms with E-state index < -0.39 is 4.92 Å². The number of imidazole rings is 1. The zero-order chi connectivity index (χ0) is 14.7. The number of benzene rings is 1. The minimum Gasteiger partial charge on any atom is -0.489 e. The van der Waals surface area contributed by atoms with Gasteiger partial charge < -0.3 is 14.9 Å². The van der Waals surface area contributed by atoms with Crippen molar-refractivity contribution in [2.24, 2.45) is 0 Å². The van der Waals surface area contributed by atoms with Crippen LogP contribution in [0.4, 0.5) is 5.82 Å². The summed E-state index contributed by atoms with van der Waals surface area (Å²) >= 11 is 11.7. The molecular formula is C12H11Cl2N3O3. The molecule has 20 heavy (non-hydrogen) atoms. The third-order valence-corrected chi connectivity index (χ3v) is 3.43. The molecule has 0 saturated carbocycles. The normalized spacial score (nSPS) is 10.6. The molecule has 1 heterocycles. The summed E-state index contributed by atoms with van der Waals surface area (Å²) in [4.78, 5) is 14.3. The number of aromatic nitrogens is 2. The Morgan fingerprint density at radius 1 is 1.40 bits per heavy atom. The largest absolute Gasteiger partial charge is 0.489 e. The maximum absolute atomic E-state index is 10.8. The van der Waals surface area contributed by atoms with Gasteiger partial charge in [0.15, 0.2) is 5.82 Å². The zero-order valence-electron chi connectivity index (χ0n) is 10.5. The zero-order valence-corrected chi connectivity index (χ0v) is 12.1. The van der Waals surface area contributed by atoms with Crippen LogP contribution < -0.4 is 4.74 Å². The van der Waals surface area contributed by atoms with Crippen molar-refractivity contribution in [3.63, 3.8) is 0 Å². The number of nitro groups is 1. The molecule has 106 valence electrons. The van der Waals surface area contributed by atoms with Crippen molar-refractivity contribution < 1.29 is 9.66 Å². The molecule has 6 nitrogen and oxygen atoms in total. The summed E-state index contributed by atoms with van der Waals surface area (Å²) in [6, 6.07) is 4.91. The van der Waals surface area contributed by atoms with Crippen molar-refractivity contribution in [2.75, 3.05) is 6.61 Å². The molecule has 2 aromatic rings. The number of aryl methyl sites for hydroxylation is 1. The van der Waals surface area contributed by atoms with Gasteiger partial charge >= 0.3 is 5.82 Å². The Hall–Kier alpha value is -1.79. The van der Waals surface area contributed by atoms with Gasteiger partial charge in [0.25, 0.3) is 0 Å². The summed E-state index contributed by atoms with van der Waals surface area (Å²) in [6.45, 7) is 2.28. The van der Waals surface area contributed by atoms with Gasteiger partial charge in [-0.25, -0.2) is 9.55 Å². The molecule has 0 atom stereocenters. The Labute approximate surface area is 125 Å². The maximum Gasteiger partial charge on any atom is 0.342 e. The van der Waals surface area contributed by atoms with Crippen LogP contribution in [0.2, 0.25) is 10.0 Å². The molecule has 0 radical (unpaired) electrons. The summed E-state index contributed by atoms with van der Waals surface area (Å²) in [7, 11) is 0. The fraction of sp³-hybridized carbons (Fsp3) is 0.250. The van der Waals surface area contributed by atoms with Gasteiger partial charge in [-0.2, -0.15) is 0 Å². The molecule has 2 rings (SSSR count). The van der Waals surface area contributed by atoms with Gasteiger partial charge in [0.1, 0.15) is 25.1 Å². The Morgan fingerprint density at radius 2 is 2.15 bits per heavy atom. The third-order valence-electron chi connectivity index (χ3n) is 2.70. The van der Waals surface area contributed by atoms with E-state index in [2.05, 4.69) is 4.98 Å².